The van der Waals surface area contributed by atoms with Crippen molar-refractivity contribution >= 4 is 50.7 Å². The quantitative estimate of drug-likeness (QED) is 0.241. The number of aryl methyl sites for hydroxylation is 1. The Bertz CT molecular complexity index is 1500. The van der Waals surface area contributed by atoms with Gasteiger partial charge in [0.15, 0.2) is 0 Å². The number of nitrogens with zero attached hydrogens (tertiary/aromatic N) is 2. The number of benzene rings is 3. The fourth-order valence-corrected chi connectivity index (χ4v) is 6.05. The average molecular weight is 635 g/mol. The first-order chi connectivity index (χ1) is 19.9. The summed E-state index contributed by atoms with van der Waals surface area (Å²) in [6.45, 7) is 6.95. The van der Waals surface area contributed by atoms with Crippen LogP contribution >= 0.6 is 23.2 Å². The lowest BCUT2D eigenvalue weighted by atomic mass is 10.1. The van der Waals surface area contributed by atoms with Crippen molar-refractivity contribution in [2.45, 2.75) is 64.1 Å². The lowest BCUT2D eigenvalue weighted by Gasteiger charge is -2.34. The fourth-order valence-electron chi connectivity index (χ4n) is 4.33. The van der Waals surface area contributed by atoms with Crippen molar-refractivity contribution < 1.29 is 22.7 Å². The Kier molecular flexibility index (Phi) is 11.7. The maximum atomic E-state index is 14.2. The molecule has 8 nitrogen and oxygen atoms in total. The molecule has 226 valence electrons. The third-order valence-electron chi connectivity index (χ3n) is 6.95. The van der Waals surface area contributed by atoms with Crippen LogP contribution in [-0.2, 0) is 26.2 Å². The lowest BCUT2D eigenvalue weighted by Crippen LogP contribution is -2.53. The number of rotatable bonds is 13. The Labute approximate surface area is 258 Å². The molecule has 0 unspecified atom stereocenters. The van der Waals surface area contributed by atoms with Gasteiger partial charge in [-0.25, -0.2) is 8.42 Å². The third kappa shape index (κ3) is 8.18. The Morgan fingerprint density at radius 2 is 1.64 bits per heavy atom. The van der Waals surface area contributed by atoms with E-state index in [-0.39, 0.29) is 29.1 Å². The van der Waals surface area contributed by atoms with Gasteiger partial charge in [-0.1, -0.05) is 66.9 Å². The molecule has 3 aromatic carbocycles. The summed E-state index contributed by atoms with van der Waals surface area (Å²) >= 11 is 12.4. The van der Waals surface area contributed by atoms with E-state index in [9.17, 15) is 18.0 Å². The van der Waals surface area contributed by atoms with E-state index in [1.807, 2.05) is 20.8 Å². The Balaban J connectivity index is 2.09. The molecule has 0 aliphatic carbocycles. The van der Waals surface area contributed by atoms with Gasteiger partial charge in [0.2, 0.25) is 11.8 Å². The van der Waals surface area contributed by atoms with Crippen molar-refractivity contribution in [3.63, 3.8) is 0 Å². The molecule has 0 aliphatic heterocycles. The predicted molar refractivity (Wildman–Crippen MR) is 168 cm³/mol. The number of carbonyl (C=O) groups excluding carboxylic acids is 2. The number of methoxy groups -OCH3 is 1. The number of hydrogen-bond donors (Lipinski definition) is 1. The molecule has 0 fully saturated rings. The summed E-state index contributed by atoms with van der Waals surface area (Å²) in [7, 11) is -2.72. The predicted octanol–water partition coefficient (Wildman–Crippen LogP) is 6.23. The molecule has 0 aromatic heterocycles. The number of anilines is 1. The van der Waals surface area contributed by atoms with E-state index in [4.69, 9.17) is 27.9 Å². The minimum atomic E-state index is -4.19. The van der Waals surface area contributed by atoms with Crippen LogP contribution in [0.1, 0.15) is 44.7 Å². The molecule has 0 saturated heterocycles. The van der Waals surface area contributed by atoms with Gasteiger partial charge in [-0.15, -0.1) is 0 Å². The van der Waals surface area contributed by atoms with Crippen molar-refractivity contribution in [2.24, 2.45) is 0 Å². The van der Waals surface area contributed by atoms with Gasteiger partial charge in [-0.2, -0.15) is 0 Å². The van der Waals surface area contributed by atoms with E-state index in [1.165, 1.54) is 24.1 Å². The van der Waals surface area contributed by atoms with E-state index >= 15 is 0 Å². The zero-order valence-corrected chi connectivity index (χ0v) is 26.8. The second kappa shape index (κ2) is 14.8. The van der Waals surface area contributed by atoms with E-state index in [1.54, 1.807) is 61.5 Å². The lowest BCUT2D eigenvalue weighted by molar-refractivity contribution is -0.140. The van der Waals surface area contributed by atoms with Gasteiger partial charge < -0.3 is 15.0 Å². The number of hydrogen-bond acceptors (Lipinski definition) is 5. The molecule has 42 heavy (non-hydrogen) atoms. The molecule has 2 atom stereocenters. The number of ether oxygens (including phenoxy) is 1. The van der Waals surface area contributed by atoms with E-state index < -0.39 is 28.5 Å². The molecule has 1 N–H and O–H groups in total. The standard InChI is InChI=1S/C31H37Cl2N3O5S/c1-6-22(4)34-31(38)29(7-2)35(19-23-13-16-27(32)28(33)17-23)30(37)20-36(24-9-8-10-25(18-24)41-5)42(39,40)26-14-11-21(3)12-15-26/h8-18,22,29H,6-7,19-20H2,1-5H3,(H,34,38)/t22-,29+/m0/s1. The number of amides is 2. The summed E-state index contributed by atoms with van der Waals surface area (Å²) in [5.41, 5.74) is 1.78. The minimum absolute atomic E-state index is 0.0126. The summed E-state index contributed by atoms with van der Waals surface area (Å²) < 4.78 is 34.4. The molecule has 3 aromatic rings. The van der Waals surface area contributed by atoms with E-state index in [0.717, 1.165) is 9.87 Å². The van der Waals surface area contributed by atoms with Crippen LogP contribution in [0, 0.1) is 6.92 Å². The highest BCUT2D eigenvalue weighted by Gasteiger charge is 2.34. The molecule has 2 amide bonds. The first-order valence-corrected chi connectivity index (χ1v) is 15.9. The molecular weight excluding hydrogens is 597 g/mol. The molecule has 0 heterocycles. The highest BCUT2D eigenvalue weighted by Crippen LogP contribution is 2.29. The second-order valence-corrected chi connectivity index (χ2v) is 12.7. The van der Waals surface area contributed by atoms with Crippen LogP contribution in [0.2, 0.25) is 10.0 Å². The van der Waals surface area contributed by atoms with Gasteiger partial charge in [-0.3, -0.25) is 13.9 Å². The molecule has 11 heteroatoms. The fraction of sp³-hybridized carbons (Fsp3) is 0.355. The van der Waals surface area contributed by atoms with Gasteiger partial charge in [0.1, 0.15) is 18.3 Å². The van der Waals surface area contributed by atoms with Crippen molar-refractivity contribution in [1.29, 1.82) is 0 Å². The van der Waals surface area contributed by atoms with Crippen molar-refractivity contribution in [2.75, 3.05) is 18.0 Å². The third-order valence-corrected chi connectivity index (χ3v) is 9.48. The maximum Gasteiger partial charge on any atom is 0.264 e. The normalized spacial score (nSPS) is 12.7. The molecule has 0 bridgehead atoms. The minimum Gasteiger partial charge on any atom is -0.497 e. The van der Waals surface area contributed by atoms with Crippen LogP contribution in [-0.4, -0.2) is 50.9 Å². The maximum absolute atomic E-state index is 14.2. The Morgan fingerprint density at radius 3 is 2.24 bits per heavy atom. The molecule has 0 saturated carbocycles. The van der Waals surface area contributed by atoms with Crippen LogP contribution in [0.5, 0.6) is 5.75 Å². The summed E-state index contributed by atoms with van der Waals surface area (Å²) in [5, 5.41) is 3.61. The van der Waals surface area contributed by atoms with Crippen LogP contribution in [0.3, 0.4) is 0 Å². The number of halogens is 2. The molecule has 0 aliphatic rings. The zero-order valence-electron chi connectivity index (χ0n) is 24.4. The van der Waals surface area contributed by atoms with Crippen LogP contribution in [0.15, 0.2) is 71.6 Å². The van der Waals surface area contributed by atoms with Gasteiger partial charge >= 0.3 is 0 Å². The van der Waals surface area contributed by atoms with E-state index in [0.29, 0.717) is 34.2 Å². The number of nitrogens with one attached hydrogen (secondary N) is 1. The summed E-state index contributed by atoms with van der Waals surface area (Å²) in [5.74, 6) is -0.462. The average Bonchev–Trinajstić information content (AvgIpc) is 2.97. The first-order valence-electron chi connectivity index (χ1n) is 13.7. The van der Waals surface area contributed by atoms with Crippen molar-refractivity contribution in [3.8, 4) is 5.75 Å². The molecule has 0 radical (unpaired) electrons. The van der Waals surface area contributed by atoms with Crippen molar-refractivity contribution in [1.82, 2.24) is 10.2 Å². The smallest absolute Gasteiger partial charge is 0.264 e. The van der Waals surface area contributed by atoms with Crippen LogP contribution in [0.4, 0.5) is 5.69 Å². The highest BCUT2D eigenvalue weighted by atomic mass is 35.5. The SMILES string of the molecule is CC[C@H](C(=O)N[C@@H](C)CC)N(Cc1ccc(Cl)c(Cl)c1)C(=O)CN(c1cccc(OC)c1)S(=O)(=O)c1ccc(C)cc1. The van der Waals surface area contributed by atoms with Crippen LogP contribution < -0.4 is 14.4 Å². The number of sulfonamides is 1. The molecular formula is C31H37Cl2N3O5S. The van der Waals surface area contributed by atoms with Crippen LogP contribution in [0.25, 0.3) is 0 Å². The van der Waals surface area contributed by atoms with Gasteiger partial charge in [-0.05, 0) is 68.7 Å². The summed E-state index contributed by atoms with van der Waals surface area (Å²) in [6.07, 6.45) is 1.01. The van der Waals surface area contributed by atoms with E-state index in [2.05, 4.69) is 5.32 Å². The largest absolute Gasteiger partial charge is 0.497 e. The van der Waals surface area contributed by atoms with Gasteiger partial charge in [0.25, 0.3) is 10.0 Å². The highest BCUT2D eigenvalue weighted by molar-refractivity contribution is 7.92. The Morgan fingerprint density at radius 1 is 0.952 bits per heavy atom. The summed E-state index contributed by atoms with van der Waals surface area (Å²) in [6, 6.07) is 16.9. The molecule has 0 spiro atoms. The first kappa shape index (κ1) is 33.2. The topological polar surface area (TPSA) is 96.0 Å². The molecule has 3 rings (SSSR count). The summed E-state index contributed by atoms with van der Waals surface area (Å²) in [4.78, 5) is 29.0. The van der Waals surface area contributed by atoms with Gasteiger partial charge in [0, 0.05) is 18.7 Å². The Hall–Kier alpha value is -3.27. The van der Waals surface area contributed by atoms with Crippen molar-refractivity contribution in [3.05, 3.63) is 87.9 Å². The van der Waals surface area contributed by atoms with Gasteiger partial charge in [0.05, 0.1) is 27.7 Å². The monoisotopic (exact) mass is 633 g/mol. The number of carbonyl (C=O) groups is 2. The second-order valence-electron chi connectivity index (χ2n) is 10.0. The zero-order chi connectivity index (χ0) is 31.0.